The molecule has 2 amide bonds. The second-order valence-electron chi connectivity index (χ2n) is 7.91. The molecule has 5 nitrogen and oxygen atoms in total. The topological polar surface area (TPSA) is 54.5 Å². The highest BCUT2D eigenvalue weighted by Crippen LogP contribution is 2.24. The maximum Gasteiger partial charge on any atom is 0.317 e. The van der Waals surface area contributed by atoms with Gasteiger partial charge >= 0.3 is 6.03 Å². The van der Waals surface area contributed by atoms with Gasteiger partial charge in [-0.2, -0.15) is 0 Å². The van der Waals surface area contributed by atoms with Crippen molar-refractivity contribution < 1.29 is 9.53 Å². The van der Waals surface area contributed by atoms with Gasteiger partial charge in [0, 0.05) is 30.3 Å². The van der Waals surface area contributed by atoms with E-state index in [-0.39, 0.29) is 17.5 Å². The molecule has 0 saturated carbocycles. The predicted molar refractivity (Wildman–Crippen MR) is 98.7 cm³/mol. The zero-order chi connectivity index (χ0) is 17.7. The summed E-state index contributed by atoms with van der Waals surface area (Å²) >= 11 is 1.68. The number of nitrogens with zero attached hydrogens (tertiary/aromatic N) is 2. The molecule has 1 aromatic rings. The van der Waals surface area contributed by atoms with Gasteiger partial charge in [0.05, 0.1) is 30.0 Å². The smallest absolute Gasteiger partial charge is 0.317 e. The van der Waals surface area contributed by atoms with Gasteiger partial charge in [-0.1, -0.05) is 34.6 Å². The van der Waals surface area contributed by atoms with Crippen LogP contribution in [0.4, 0.5) is 4.79 Å². The number of carbonyl (C=O) groups is 1. The second-order valence-corrected chi connectivity index (χ2v) is 8.85. The molecule has 0 radical (unpaired) electrons. The summed E-state index contributed by atoms with van der Waals surface area (Å²) in [6.07, 6.45) is 1.76. The van der Waals surface area contributed by atoms with E-state index in [0.29, 0.717) is 32.2 Å². The van der Waals surface area contributed by atoms with Crippen LogP contribution in [0.25, 0.3) is 0 Å². The summed E-state index contributed by atoms with van der Waals surface area (Å²) in [5.74, 6) is 0.554. The molecule has 136 valence electrons. The van der Waals surface area contributed by atoms with E-state index in [1.807, 2.05) is 4.90 Å². The molecule has 0 aromatic carbocycles. The van der Waals surface area contributed by atoms with E-state index >= 15 is 0 Å². The molecule has 0 spiro atoms. The lowest BCUT2D eigenvalue weighted by Gasteiger charge is -2.36. The number of thiazole rings is 1. The first-order valence-electron chi connectivity index (χ1n) is 8.84. The molecule has 0 bridgehead atoms. The van der Waals surface area contributed by atoms with Gasteiger partial charge in [-0.15, -0.1) is 11.3 Å². The van der Waals surface area contributed by atoms with Crippen LogP contribution >= 0.6 is 11.3 Å². The molecular formula is C18H31N3O2S. The number of morpholine rings is 1. The summed E-state index contributed by atoms with van der Waals surface area (Å²) in [6.45, 7) is 13.4. The van der Waals surface area contributed by atoms with Crippen molar-refractivity contribution in [2.75, 3.05) is 26.3 Å². The molecule has 2 heterocycles. The van der Waals surface area contributed by atoms with Crippen molar-refractivity contribution in [3.8, 4) is 0 Å². The van der Waals surface area contributed by atoms with Crippen LogP contribution in [0.1, 0.15) is 51.7 Å². The fraction of sp³-hybridized carbons (Fsp3) is 0.778. The summed E-state index contributed by atoms with van der Waals surface area (Å²) in [6, 6.07) is 0.211. The van der Waals surface area contributed by atoms with E-state index in [1.165, 1.54) is 0 Å². The summed E-state index contributed by atoms with van der Waals surface area (Å²) in [5.41, 5.74) is 1.20. The van der Waals surface area contributed by atoms with Crippen LogP contribution in [-0.4, -0.2) is 48.3 Å². The first kappa shape index (κ1) is 19.2. The van der Waals surface area contributed by atoms with Crippen molar-refractivity contribution in [1.82, 2.24) is 15.2 Å². The lowest BCUT2D eigenvalue weighted by molar-refractivity contribution is 0.00564. The minimum Gasteiger partial charge on any atom is -0.377 e. The third kappa shape index (κ3) is 5.45. The van der Waals surface area contributed by atoms with E-state index in [2.05, 4.69) is 50.3 Å². The minimum atomic E-state index is 0.0246. The molecule has 1 atom stereocenters. The van der Waals surface area contributed by atoms with Gasteiger partial charge in [0.1, 0.15) is 0 Å². The zero-order valence-electron chi connectivity index (χ0n) is 15.6. The van der Waals surface area contributed by atoms with Gasteiger partial charge in [0.2, 0.25) is 0 Å². The summed E-state index contributed by atoms with van der Waals surface area (Å²) in [4.78, 5) is 19.1. The van der Waals surface area contributed by atoms with Crippen molar-refractivity contribution in [2.24, 2.45) is 5.92 Å². The number of carbonyl (C=O) groups excluding carboxylic acids is 1. The third-order valence-electron chi connectivity index (χ3n) is 4.17. The van der Waals surface area contributed by atoms with E-state index in [0.717, 1.165) is 23.5 Å². The Morgan fingerprint density at radius 3 is 2.88 bits per heavy atom. The van der Waals surface area contributed by atoms with Crippen molar-refractivity contribution >= 4 is 17.4 Å². The summed E-state index contributed by atoms with van der Waals surface area (Å²) in [5, 5.41) is 6.26. The molecular weight excluding hydrogens is 322 g/mol. The molecule has 1 N–H and O–H groups in total. The number of hydrogen-bond donors (Lipinski definition) is 1. The Labute approximate surface area is 149 Å². The van der Waals surface area contributed by atoms with Crippen molar-refractivity contribution in [2.45, 2.75) is 58.9 Å². The highest BCUT2D eigenvalue weighted by Gasteiger charge is 2.27. The van der Waals surface area contributed by atoms with Gasteiger partial charge < -0.3 is 15.0 Å². The Morgan fingerprint density at radius 1 is 1.50 bits per heavy atom. The molecule has 6 heteroatoms. The van der Waals surface area contributed by atoms with Gasteiger partial charge in [0.25, 0.3) is 0 Å². The van der Waals surface area contributed by atoms with Crippen LogP contribution in [0.2, 0.25) is 0 Å². The number of rotatable bonds is 5. The molecule has 1 aliphatic rings. The highest BCUT2D eigenvalue weighted by atomic mass is 32.1. The zero-order valence-corrected chi connectivity index (χ0v) is 16.4. The molecule has 0 aliphatic carbocycles. The Morgan fingerprint density at radius 2 is 2.25 bits per heavy atom. The van der Waals surface area contributed by atoms with Crippen LogP contribution in [0.15, 0.2) is 5.38 Å². The quantitative estimate of drug-likeness (QED) is 0.882. The Hall–Kier alpha value is -1.14. The molecule has 24 heavy (non-hydrogen) atoms. The van der Waals surface area contributed by atoms with Crippen LogP contribution in [0, 0.1) is 5.92 Å². The SMILES string of the molecule is CC(C)CC1COCCN1C(=O)NCCc1nc(C(C)(C)C)cs1. The number of ether oxygens (including phenoxy) is 1. The van der Waals surface area contributed by atoms with E-state index < -0.39 is 0 Å². The van der Waals surface area contributed by atoms with Crippen LogP contribution in [0.5, 0.6) is 0 Å². The van der Waals surface area contributed by atoms with Gasteiger partial charge in [-0.3, -0.25) is 0 Å². The number of nitrogens with one attached hydrogen (secondary N) is 1. The van der Waals surface area contributed by atoms with Gasteiger partial charge in [-0.05, 0) is 12.3 Å². The monoisotopic (exact) mass is 353 g/mol. The van der Waals surface area contributed by atoms with Crippen LogP contribution in [0.3, 0.4) is 0 Å². The first-order chi connectivity index (χ1) is 11.3. The Balaban J connectivity index is 1.82. The fourth-order valence-electron chi connectivity index (χ4n) is 2.81. The summed E-state index contributed by atoms with van der Waals surface area (Å²) < 4.78 is 5.54. The van der Waals surface area contributed by atoms with Crippen molar-refractivity contribution in [3.05, 3.63) is 16.1 Å². The van der Waals surface area contributed by atoms with Crippen molar-refractivity contribution in [1.29, 1.82) is 0 Å². The number of urea groups is 1. The van der Waals surface area contributed by atoms with Gasteiger partial charge in [-0.25, -0.2) is 9.78 Å². The first-order valence-corrected chi connectivity index (χ1v) is 9.72. The maximum absolute atomic E-state index is 12.5. The Bertz CT molecular complexity index is 537. The molecule has 2 rings (SSSR count). The number of amides is 2. The fourth-order valence-corrected chi connectivity index (χ4v) is 3.83. The third-order valence-corrected chi connectivity index (χ3v) is 5.08. The Kier molecular flexibility index (Phi) is 6.63. The largest absolute Gasteiger partial charge is 0.377 e. The van der Waals surface area contributed by atoms with Crippen molar-refractivity contribution in [3.63, 3.8) is 0 Å². The number of hydrogen-bond acceptors (Lipinski definition) is 4. The highest BCUT2D eigenvalue weighted by molar-refractivity contribution is 7.09. The molecule has 1 fully saturated rings. The van der Waals surface area contributed by atoms with E-state index in [4.69, 9.17) is 4.74 Å². The molecule has 1 unspecified atom stereocenters. The van der Waals surface area contributed by atoms with Gasteiger partial charge in [0.15, 0.2) is 0 Å². The van der Waals surface area contributed by atoms with E-state index in [1.54, 1.807) is 11.3 Å². The van der Waals surface area contributed by atoms with E-state index in [9.17, 15) is 4.79 Å². The molecule has 1 aromatic heterocycles. The summed E-state index contributed by atoms with van der Waals surface area (Å²) in [7, 11) is 0. The van der Waals surface area contributed by atoms with Crippen LogP contribution < -0.4 is 5.32 Å². The average Bonchev–Trinajstić information content (AvgIpc) is 2.96. The molecule has 1 aliphatic heterocycles. The maximum atomic E-state index is 12.5. The predicted octanol–water partition coefficient (Wildman–Crippen LogP) is 3.44. The second kappa shape index (κ2) is 8.30. The average molecular weight is 354 g/mol. The normalized spacial score (nSPS) is 18.9. The standard InChI is InChI=1S/C18H31N3O2S/c1-13(2)10-14-11-23-9-8-21(14)17(22)19-7-6-16-20-15(12-24-16)18(3,4)5/h12-14H,6-11H2,1-5H3,(H,19,22). The van der Waals surface area contributed by atoms with Crippen LogP contribution in [-0.2, 0) is 16.6 Å². The number of aromatic nitrogens is 1. The molecule has 1 saturated heterocycles. The lowest BCUT2D eigenvalue weighted by atomic mass is 9.93. The lowest BCUT2D eigenvalue weighted by Crippen LogP contribution is -2.53. The minimum absolute atomic E-state index is 0.0246.